The van der Waals surface area contributed by atoms with E-state index in [1.54, 1.807) is 14.2 Å². The molecule has 0 bridgehead atoms. The highest BCUT2D eigenvalue weighted by molar-refractivity contribution is 5.93. The minimum atomic E-state index is 0.255. The Morgan fingerprint density at radius 3 is 2.65 bits per heavy atom. The van der Waals surface area contributed by atoms with E-state index in [1.807, 2.05) is 29.2 Å². The van der Waals surface area contributed by atoms with E-state index in [0.717, 1.165) is 42.0 Å². The topological polar surface area (TPSA) is 75.2 Å². The van der Waals surface area contributed by atoms with Crippen LogP contribution in [0.25, 0.3) is 0 Å². The molecule has 1 heterocycles. The Labute approximate surface area is 184 Å². The van der Waals surface area contributed by atoms with Crippen LogP contribution < -0.4 is 15.4 Å². The summed E-state index contributed by atoms with van der Waals surface area (Å²) in [7, 11) is 3.44. The number of carbonyl (C=O) groups is 1. The molecule has 0 saturated carbocycles. The number of benzene rings is 2. The van der Waals surface area contributed by atoms with E-state index in [2.05, 4.69) is 39.9 Å². The smallest absolute Gasteiger partial charge is 0.222 e. The monoisotopic (exact) mass is 424 g/mol. The van der Waals surface area contributed by atoms with Gasteiger partial charge in [0, 0.05) is 65.0 Å². The van der Waals surface area contributed by atoms with Gasteiger partial charge in [-0.05, 0) is 29.7 Å². The molecule has 0 atom stereocenters. The number of likely N-dealkylation sites (tertiary alicyclic amines) is 1. The number of aliphatic imine (C=N–C) groups is 1. The van der Waals surface area contributed by atoms with Crippen molar-refractivity contribution in [2.24, 2.45) is 4.99 Å². The van der Waals surface area contributed by atoms with E-state index >= 15 is 0 Å². The van der Waals surface area contributed by atoms with E-state index in [0.29, 0.717) is 38.7 Å². The summed E-state index contributed by atoms with van der Waals surface area (Å²) in [6.45, 7) is 3.51. The molecule has 2 N–H and O–H groups in total. The molecule has 1 saturated heterocycles. The molecule has 31 heavy (non-hydrogen) atoms. The number of rotatable bonds is 10. The Morgan fingerprint density at radius 1 is 1.13 bits per heavy atom. The van der Waals surface area contributed by atoms with Gasteiger partial charge in [-0.1, -0.05) is 30.3 Å². The Kier molecular flexibility index (Phi) is 8.72. The third-order valence-electron chi connectivity index (χ3n) is 5.11. The molecule has 0 unspecified atom stereocenters. The van der Waals surface area contributed by atoms with Crippen LogP contribution in [-0.2, 0) is 22.6 Å². The van der Waals surface area contributed by atoms with Crippen molar-refractivity contribution in [3.8, 4) is 5.75 Å². The van der Waals surface area contributed by atoms with Crippen LogP contribution >= 0.6 is 0 Å². The molecule has 3 rings (SSSR count). The van der Waals surface area contributed by atoms with Crippen LogP contribution in [0.3, 0.4) is 0 Å². The number of guanidine groups is 1. The first-order chi connectivity index (χ1) is 15.2. The fourth-order valence-corrected chi connectivity index (χ4v) is 3.41. The van der Waals surface area contributed by atoms with Gasteiger partial charge >= 0.3 is 0 Å². The minimum Gasteiger partial charge on any atom is -0.493 e. The molecule has 0 spiro atoms. The zero-order valence-electron chi connectivity index (χ0n) is 18.4. The summed E-state index contributed by atoms with van der Waals surface area (Å²) >= 11 is 0. The van der Waals surface area contributed by atoms with Crippen molar-refractivity contribution in [1.29, 1.82) is 0 Å². The normalized spacial score (nSPS) is 14.1. The highest BCUT2D eigenvalue weighted by Crippen LogP contribution is 2.18. The van der Waals surface area contributed by atoms with Crippen molar-refractivity contribution < 1.29 is 14.3 Å². The molecule has 7 nitrogen and oxygen atoms in total. The average molecular weight is 425 g/mol. The van der Waals surface area contributed by atoms with E-state index in [9.17, 15) is 4.79 Å². The second kappa shape index (κ2) is 12.0. The van der Waals surface area contributed by atoms with Crippen LogP contribution in [0.4, 0.5) is 5.69 Å². The van der Waals surface area contributed by atoms with E-state index in [-0.39, 0.29) is 5.91 Å². The largest absolute Gasteiger partial charge is 0.493 e. The number of nitrogens with zero attached hydrogens (tertiary/aromatic N) is 2. The first-order valence-electron chi connectivity index (χ1n) is 10.7. The summed E-state index contributed by atoms with van der Waals surface area (Å²) < 4.78 is 10.8. The van der Waals surface area contributed by atoms with Gasteiger partial charge < -0.3 is 25.0 Å². The second-order valence-electron chi connectivity index (χ2n) is 7.51. The maximum Gasteiger partial charge on any atom is 0.222 e. The number of nitrogens with one attached hydrogen (secondary N) is 2. The Hall–Kier alpha value is -3.06. The third-order valence-corrected chi connectivity index (χ3v) is 5.11. The lowest BCUT2D eigenvalue weighted by molar-refractivity contribution is -0.128. The first-order valence-corrected chi connectivity index (χ1v) is 10.7. The molecular formula is C24H32N4O3. The summed E-state index contributed by atoms with van der Waals surface area (Å²) in [6.07, 6.45) is 2.50. The minimum absolute atomic E-state index is 0.255. The van der Waals surface area contributed by atoms with E-state index in [4.69, 9.17) is 9.47 Å². The lowest BCUT2D eigenvalue weighted by Crippen LogP contribution is -2.30. The number of carbonyl (C=O) groups excluding carboxylic acids is 1. The highest BCUT2D eigenvalue weighted by Gasteiger charge is 2.19. The van der Waals surface area contributed by atoms with Gasteiger partial charge in [0.2, 0.25) is 5.91 Å². The van der Waals surface area contributed by atoms with Gasteiger partial charge in [-0.3, -0.25) is 9.79 Å². The van der Waals surface area contributed by atoms with Crippen LogP contribution in [0, 0.1) is 0 Å². The summed E-state index contributed by atoms with van der Waals surface area (Å²) in [5, 5.41) is 6.63. The molecule has 1 amide bonds. The lowest BCUT2D eigenvalue weighted by atomic mass is 10.1. The van der Waals surface area contributed by atoms with Crippen LogP contribution in [0.1, 0.15) is 30.4 Å². The summed E-state index contributed by atoms with van der Waals surface area (Å²) in [6, 6.07) is 16.2. The molecule has 1 aliphatic heterocycles. The highest BCUT2D eigenvalue weighted by atomic mass is 16.5. The van der Waals surface area contributed by atoms with Gasteiger partial charge in [0.05, 0.1) is 6.61 Å². The summed E-state index contributed by atoms with van der Waals surface area (Å²) in [5.74, 6) is 1.75. The maximum absolute atomic E-state index is 11.8. The van der Waals surface area contributed by atoms with Crippen molar-refractivity contribution in [2.75, 3.05) is 39.2 Å². The number of methoxy groups -OCH3 is 1. The van der Waals surface area contributed by atoms with Gasteiger partial charge in [0.25, 0.3) is 0 Å². The fourth-order valence-electron chi connectivity index (χ4n) is 3.41. The summed E-state index contributed by atoms with van der Waals surface area (Å²) in [5.41, 5.74) is 3.21. The van der Waals surface area contributed by atoms with Crippen LogP contribution in [-0.4, -0.2) is 50.7 Å². The van der Waals surface area contributed by atoms with Crippen molar-refractivity contribution >= 4 is 17.6 Å². The molecular weight excluding hydrogens is 392 g/mol. The van der Waals surface area contributed by atoms with Crippen LogP contribution in [0.2, 0.25) is 0 Å². The Morgan fingerprint density at radius 2 is 1.94 bits per heavy atom. The predicted molar refractivity (Wildman–Crippen MR) is 123 cm³/mol. The molecule has 166 valence electrons. The van der Waals surface area contributed by atoms with E-state index in [1.165, 1.54) is 0 Å². The third kappa shape index (κ3) is 7.29. The van der Waals surface area contributed by atoms with Crippen molar-refractivity contribution in [1.82, 2.24) is 10.2 Å². The van der Waals surface area contributed by atoms with Crippen molar-refractivity contribution in [2.45, 2.75) is 32.4 Å². The van der Waals surface area contributed by atoms with Crippen LogP contribution in [0.15, 0.2) is 53.5 Å². The Bertz CT molecular complexity index is 867. The molecule has 2 aromatic rings. The maximum atomic E-state index is 11.8. The first kappa shape index (κ1) is 22.6. The molecule has 1 aliphatic rings. The average Bonchev–Trinajstić information content (AvgIpc) is 3.20. The Balaban J connectivity index is 1.47. The number of ether oxygens (including phenoxy) is 2. The number of anilines is 1. The zero-order chi connectivity index (χ0) is 21.9. The van der Waals surface area contributed by atoms with Crippen LogP contribution in [0.5, 0.6) is 5.75 Å². The molecule has 0 aromatic heterocycles. The fraction of sp³-hybridized carbons (Fsp3) is 0.417. The molecule has 0 aliphatic carbocycles. The van der Waals surface area contributed by atoms with Crippen molar-refractivity contribution in [3.63, 3.8) is 0 Å². The predicted octanol–water partition coefficient (Wildman–Crippen LogP) is 3.41. The van der Waals surface area contributed by atoms with Gasteiger partial charge in [0.15, 0.2) is 5.96 Å². The quantitative estimate of drug-likeness (QED) is 0.347. The van der Waals surface area contributed by atoms with Gasteiger partial charge in [0.1, 0.15) is 5.75 Å². The molecule has 7 heteroatoms. The van der Waals surface area contributed by atoms with Crippen molar-refractivity contribution in [3.05, 3.63) is 59.7 Å². The number of hydrogen-bond donors (Lipinski definition) is 2. The van der Waals surface area contributed by atoms with Gasteiger partial charge in [-0.15, -0.1) is 0 Å². The second-order valence-corrected chi connectivity index (χ2v) is 7.51. The van der Waals surface area contributed by atoms with E-state index < -0.39 is 0 Å². The SMILES string of the molecule is CN=C(NCc1ccc(CN2CCCC2=O)cc1)Nc1cccc(OCCCOC)c1. The zero-order valence-corrected chi connectivity index (χ0v) is 18.4. The number of hydrogen-bond acceptors (Lipinski definition) is 4. The molecule has 2 aromatic carbocycles. The standard InChI is InChI=1S/C24H32N4O3/c1-25-24(27-21-6-3-7-22(16-21)31-15-5-14-30-2)26-17-19-9-11-20(12-10-19)18-28-13-4-8-23(28)29/h3,6-7,9-12,16H,4-5,8,13-15,17-18H2,1-2H3,(H2,25,26,27). The summed E-state index contributed by atoms with van der Waals surface area (Å²) in [4.78, 5) is 18.0. The van der Waals surface area contributed by atoms with Gasteiger partial charge in [-0.2, -0.15) is 0 Å². The molecule has 0 radical (unpaired) electrons. The lowest BCUT2D eigenvalue weighted by Gasteiger charge is -2.16. The number of amides is 1. The van der Waals surface area contributed by atoms with Gasteiger partial charge in [-0.25, -0.2) is 0 Å². The molecule has 1 fully saturated rings.